The third-order valence-electron chi connectivity index (χ3n) is 2.81. The van der Waals surface area contributed by atoms with Gasteiger partial charge in [0.15, 0.2) is 0 Å². The Morgan fingerprint density at radius 2 is 2.39 bits per heavy atom. The average molecular weight is 375 g/mol. The second kappa shape index (κ2) is 6.68. The zero-order valence-electron chi connectivity index (χ0n) is 10.7. The lowest BCUT2D eigenvalue weighted by Crippen LogP contribution is -2.23. The van der Waals surface area contributed by atoms with Gasteiger partial charge in [-0.1, -0.05) is 6.92 Å². The molecular weight excluding hydrogens is 357 g/mol. The van der Waals surface area contributed by atoms with Gasteiger partial charge in [0.1, 0.15) is 0 Å². The van der Waals surface area contributed by atoms with Gasteiger partial charge in [-0.3, -0.25) is 4.68 Å². The molecule has 18 heavy (non-hydrogen) atoms. The van der Waals surface area contributed by atoms with E-state index in [1.54, 1.807) is 11.3 Å². The molecule has 2 aromatic heterocycles. The first-order valence-corrected chi connectivity index (χ1v) is 8.10. The van der Waals surface area contributed by atoms with Crippen LogP contribution >= 0.6 is 33.9 Å². The number of thiophene rings is 1. The molecule has 0 fully saturated rings. The largest absolute Gasteiger partial charge is 0.310 e. The summed E-state index contributed by atoms with van der Waals surface area (Å²) < 4.78 is 3.20. The zero-order chi connectivity index (χ0) is 13.0. The maximum atomic E-state index is 4.47. The standard InChI is InChI=1S/C13H18IN3S/c1-3-5-15-12(10-7-13(14)18-9-10)8-11-4-6-17(2)16-11/h4,6-7,9,12,15H,3,5,8H2,1-2H3. The van der Waals surface area contributed by atoms with E-state index >= 15 is 0 Å². The van der Waals surface area contributed by atoms with Gasteiger partial charge >= 0.3 is 0 Å². The van der Waals surface area contributed by atoms with Crippen molar-refractivity contribution in [2.45, 2.75) is 25.8 Å². The van der Waals surface area contributed by atoms with Crippen molar-refractivity contribution in [1.82, 2.24) is 15.1 Å². The Morgan fingerprint density at radius 1 is 1.56 bits per heavy atom. The number of nitrogens with one attached hydrogen (secondary N) is 1. The quantitative estimate of drug-likeness (QED) is 0.785. The van der Waals surface area contributed by atoms with E-state index in [1.807, 2.05) is 17.9 Å². The normalized spacial score (nSPS) is 12.8. The summed E-state index contributed by atoms with van der Waals surface area (Å²) in [4.78, 5) is 0. The fourth-order valence-electron chi connectivity index (χ4n) is 1.91. The molecule has 2 rings (SSSR count). The molecule has 1 unspecified atom stereocenters. The maximum Gasteiger partial charge on any atom is 0.0656 e. The van der Waals surface area contributed by atoms with E-state index in [4.69, 9.17) is 0 Å². The fraction of sp³-hybridized carbons (Fsp3) is 0.462. The topological polar surface area (TPSA) is 29.9 Å². The molecule has 2 heterocycles. The first kappa shape index (κ1) is 14.0. The van der Waals surface area contributed by atoms with Crippen LogP contribution in [0.4, 0.5) is 0 Å². The number of hydrogen-bond donors (Lipinski definition) is 1. The van der Waals surface area contributed by atoms with Gasteiger partial charge in [0.05, 0.1) is 8.58 Å². The summed E-state index contributed by atoms with van der Waals surface area (Å²) in [5, 5.41) is 10.3. The molecule has 3 nitrogen and oxygen atoms in total. The van der Waals surface area contributed by atoms with E-state index in [2.05, 4.69) is 57.4 Å². The lowest BCUT2D eigenvalue weighted by Gasteiger charge is -2.16. The van der Waals surface area contributed by atoms with E-state index < -0.39 is 0 Å². The molecule has 1 atom stereocenters. The Morgan fingerprint density at radius 3 is 2.94 bits per heavy atom. The molecule has 5 heteroatoms. The van der Waals surface area contributed by atoms with Crippen LogP contribution in [0.25, 0.3) is 0 Å². The Bertz CT molecular complexity index is 492. The first-order chi connectivity index (χ1) is 8.69. The average Bonchev–Trinajstić information content (AvgIpc) is 2.93. The van der Waals surface area contributed by atoms with Crippen molar-refractivity contribution in [3.05, 3.63) is 37.9 Å². The Labute approximate surface area is 126 Å². The summed E-state index contributed by atoms with van der Waals surface area (Å²) in [6.45, 7) is 3.24. The van der Waals surface area contributed by atoms with Crippen LogP contribution in [0.3, 0.4) is 0 Å². The number of nitrogens with zero attached hydrogens (tertiary/aromatic N) is 2. The third-order valence-corrected chi connectivity index (χ3v) is 4.62. The SMILES string of the molecule is CCCNC(Cc1ccn(C)n1)c1csc(I)c1. The molecule has 1 N–H and O–H groups in total. The summed E-state index contributed by atoms with van der Waals surface area (Å²) in [6.07, 6.45) is 4.11. The first-order valence-electron chi connectivity index (χ1n) is 6.15. The highest BCUT2D eigenvalue weighted by Gasteiger charge is 2.14. The van der Waals surface area contributed by atoms with E-state index in [0.717, 1.165) is 25.1 Å². The summed E-state index contributed by atoms with van der Waals surface area (Å²) in [7, 11) is 1.96. The minimum absolute atomic E-state index is 0.375. The van der Waals surface area contributed by atoms with Gasteiger partial charge in [0.25, 0.3) is 0 Å². The minimum Gasteiger partial charge on any atom is -0.310 e. The molecule has 0 spiro atoms. The van der Waals surface area contributed by atoms with Gasteiger partial charge in [-0.15, -0.1) is 11.3 Å². The molecule has 0 aliphatic carbocycles. The van der Waals surface area contributed by atoms with Crippen molar-refractivity contribution in [1.29, 1.82) is 0 Å². The molecule has 98 valence electrons. The van der Waals surface area contributed by atoms with Crippen LogP contribution in [0.5, 0.6) is 0 Å². The summed E-state index contributed by atoms with van der Waals surface area (Å²) in [6, 6.07) is 4.74. The number of hydrogen-bond acceptors (Lipinski definition) is 3. The van der Waals surface area contributed by atoms with E-state index in [1.165, 1.54) is 8.45 Å². The van der Waals surface area contributed by atoms with Crippen LogP contribution in [0, 0.1) is 2.88 Å². The monoisotopic (exact) mass is 375 g/mol. The highest BCUT2D eigenvalue weighted by molar-refractivity contribution is 14.1. The predicted octanol–water partition coefficient (Wildman–Crippen LogP) is 3.37. The molecule has 2 aromatic rings. The van der Waals surface area contributed by atoms with Crippen LogP contribution in [-0.4, -0.2) is 16.3 Å². The van der Waals surface area contributed by atoms with Gasteiger partial charge in [0.2, 0.25) is 0 Å². The van der Waals surface area contributed by atoms with Crippen LogP contribution in [-0.2, 0) is 13.5 Å². The number of halogens is 1. The molecule has 0 aromatic carbocycles. The highest BCUT2D eigenvalue weighted by Crippen LogP contribution is 2.24. The van der Waals surface area contributed by atoms with Crippen molar-refractivity contribution in [2.75, 3.05) is 6.54 Å². The molecule has 0 radical (unpaired) electrons. The molecular formula is C13H18IN3S. The molecule has 0 aliphatic rings. The third kappa shape index (κ3) is 3.80. The van der Waals surface area contributed by atoms with Crippen molar-refractivity contribution in [3.63, 3.8) is 0 Å². The fourth-order valence-corrected chi connectivity index (χ4v) is 3.34. The lowest BCUT2D eigenvalue weighted by atomic mass is 10.1. The Hall–Kier alpha value is -0.400. The Balaban J connectivity index is 2.09. The molecule has 0 amide bonds. The van der Waals surface area contributed by atoms with Crippen molar-refractivity contribution < 1.29 is 0 Å². The summed E-state index contributed by atoms with van der Waals surface area (Å²) >= 11 is 4.18. The van der Waals surface area contributed by atoms with Gasteiger partial charge in [-0.05, 0) is 58.6 Å². The van der Waals surface area contributed by atoms with Gasteiger partial charge in [-0.2, -0.15) is 5.10 Å². The summed E-state index contributed by atoms with van der Waals surface area (Å²) in [5.74, 6) is 0. The van der Waals surface area contributed by atoms with Crippen molar-refractivity contribution in [3.8, 4) is 0 Å². The van der Waals surface area contributed by atoms with E-state index in [9.17, 15) is 0 Å². The van der Waals surface area contributed by atoms with Crippen LogP contribution < -0.4 is 5.32 Å². The Kier molecular flexibility index (Phi) is 5.20. The van der Waals surface area contributed by atoms with Crippen molar-refractivity contribution >= 4 is 33.9 Å². The highest BCUT2D eigenvalue weighted by atomic mass is 127. The van der Waals surface area contributed by atoms with Gasteiger partial charge in [0, 0.05) is 25.7 Å². The number of aryl methyl sites for hydroxylation is 1. The minimum atomic E-state index is 0.375. The van der Waals surface area contributed by atoms with Crippen LogP contribution in [0.2, 0.25) is 0 Å². The number of aromatic nitrogens is 2. The molecule has 0 aliphatic heterocycles. The van der Waals surface area contributed by atoms with Gasteiger partial charge < -0.3 is 5.32 Å². The second-order valence-corrected chi connectivity index (χ2v) is 7.18. The number of rotatable bonds is 6. The maximum absolute atomic E-state index is 4.47. The summed E-state index contributed by atoms with van der Waals surface area (Å²) in [5.41, 5.74) is 2.52. The van der Waals surface area contributed by atoms with Crippen LogP contribution in [0.1, 0.15) is 30.6 Å². The lowest BCUT2D eigenvalue weighted by molar-refractivity contribution is 0.522. The predicted molar refractivity (Wildman–Crippen MR) is 85.0 cm³/mol. The smallest absolute Gasteiger partial charge is 0.0656 e. The molecule has 0 saturated heterocycles. The van der Waals surface area contributed by atoms with Crippen LogP contribution in [0.15, 0.2) is 23.7 Å². The second-order valence-electron chi connectivity index (χ2n) is 4.38. The molecule has 0 saturated carbocycles. The van der Waals surface area contributed by atoms with Crippen molar-refractivity contribution in [2.24, 2.45) is 7.05 Å². The zero-order valence-corrected chi connectivity index (χ0v) is 13.7. The molecule has 0 bridgehead atoms. The van der Waals surface area contributed by atoms with E-state index in [0.29, 0.717) is 6.04 Å². The van der Waals surface area contributed by atoms with Gasteiger partial charge in [-0.25, -0.2) is 0 Å². The van der Waals surface area contributed by atoms with E-state index in [-0.39, 0.29) is 0 Å².